The number of rotatable bonds is 10. The van der Waals surface area contributed by atoms with Gasteiger partial charge in [0.1, 0.15) is 0 Å². The molecular formula is C19H34N4S. The van der Waals surface area contributed by atoms with E-state index in [1.54, 1.807) is 11.8 Å². The summed E-state index contributed by atoms with van der Waals surface area (Å²) < 4.78 is 0. The molecule has 0 saturated heterocycles. The number of benzene rings is 1. The number of nitrogens with one attached hydrogen (secondary N) is 2. The van der Waals surface area contributed by atoms with Crippen molar-refractivity contribution in [3.05, 3.63) is 29.8 Å². The van der Waals surface area contributed by atoms with Crippen molar-refractivity contribution >= 4 is 17.7 Å². The van der Waals surface area contributed by atoms with Gasteiger partial charge in [0.05, 0.1) is 0 Å². The van der Waals surface area contributed by atoms with E-state index in [-0.39, 0.29) is 0 Å². The van der Waals surface area contributed by atoms with Crippen LogP contribution >= 0.6 is 11.8 Å². The SMILES string of the molecule is CCN(CC)CCCC(C)NC(=NC)NCc1ccc(SC)cc1. The van der Waals surface area contributed by atoms with Crippen LogP contribution < -0.4 is 10.6 Å². The molecule has 4 nitrogen and oxygen atoms in total. The second-order valence-corrected chi connectivity index (χ2v) is 6.87. The van der Waals surface area contributed by atoms with Crippen LogP contribution in [0.1, 0.15) is 39.2 Å². The van der Waals surface area contributed by atoms with Gasteiger partial charge in [-0.25, -0.2) is 0 Å². The van der Waals surface area contributed by atoms with Crippen molar-refractivity contribution in [1.29, 1.82) is 0 Å². The monoisotopic (exact) mass is 350 g/mol. The average Bonchev–Trinajstić information content (AvgIpc) is 2.62. The predicted molar refractivity (Wildman–Crippen MR) is 108 cm³/mol. The van der Waals surface area contributed by atoms with Gasteiger partial charge in [0.15, 0.2) is 5.96 Å². The molecule has 0 aliphatic heterocycles. The highest BCUT2D eigenvalue weighted by molar-refractivity contribution is 7.98. The summed E-state index contributed by atoms with van der Waals surface area (Å²) in [4.78, 5) is 8.10. The number of hydrogen-bond acceptors (Lipinski definition) is 3. The number of aliphatic imine (C=N–C) groups is 1. The lowest BCUT2D eigenvalue weighted by Crippen LogP contribution is -2.42. The minimum absolute atomic E-state index is 0.422. The maximum absolute atomic E-state index is 4.33. The van der Waals surface area contributed by atoms with Crippen LogP contribution in [-0.2, 0) is 6.54 Å². The molecule has 24 heavy (non-hydrogen) atoms. The fraction of sp³-hybridized carbons (Fsp3) is 0.632. The summed E-state index contributed by atoms with van der Waals surface area (Å²) in [5.41, 5.74) is 1.27. The molecule has 2 N–H and O–H groups in total. The molecule has 1 atom stereocenters. The molecule has 5 heteroatoms. The average molecular weight is 351 g/mol. The Morgan fingerprint density at radius 2 is 1.88 bits per heavy atom. The third-order valence-electron chi connectivity index (χ3n) is 4.23. The highest BCUT2D eigenvalue weighted by Gasteiger charge is 2.06. The Kier molecular flexibility index (Phi) is 10.6. The third-order valence-corrected chi connectivity index (χ3v) is 4.98. The van der Waals surface area contributed by atoms with Gasteiger partial charge in [0.25, 0.3) is 0 Å². The van der Waals surface area contributed by atoms with Crippen molar-refractivity contribution in [3.8, 4) is 0 Å². The topological polar surface area (TPSA) is 39.7 Å². The van der Waals surface area contributed by atoms with Crippen LogP contribution in [-0.4, -0.2) is 49.8 Å². The molecule has 0 aromatic heterocycles. The van der Waals surface area contributed by atoms with E-state index in [1.807, 2.05) is 7.05 Å². The summed E-state index contributed by atoms with van der Waals surface area (Å²) in [6.07, 6.45) is 4.46. The summed E-state index contributed by atoms with van der Waals surface area (Å²) in [5.74, 6) is 0.874. The molecule has 136 valence electrons. The molecule has 0 aliphatic rings. The third kappa shape index (κ3) is 8.06. The first-order valence-corrected chi connectivity index (χ1v) is 10.2. The van der Waals surface area contributed by atoms with Crippen molar-refractivity contribution in [2.75, 3.05) is 32.9 Å². The van der Waals surface area contributed by atoms with E-state index in [1.165, 1.54) is 23.4 Å². The zero-order valence-electron chi connectivity index (χ0n) is 15.9. The fourth-order valence-corrected chi connectivity index (χ4v) is 3.00. The number of hydrogen-bond donors (Lipinski definition) is 2. The van der Waals surface area contributed by atoms with Gasteiger partial charge in [0.2, 0.25) is 0 Å². The lowest BCUT2D eigenvalue weighted by Gasteiger charge is -2.21. The first kappa shape index (κ1) is 20.8. The van der Waals surface area contributed by atoms with Crippen molar-refractivity contribution in [3.63, 3.8) is 0 Å². The first-order valence-electron chi connectivity index (χ1n) is 8.95. The van der Waals surface area contributed by atoms with Gasteiger partial charge >= 0.3 is 0 Å². The molecule has 0 spiro atoms. The number of guanidine groups is 1. The van der Waals surface area contributed by atoms with Crippen LogP contribution in [0, 0.1) is 0 Å². The smallest absolute Gasteiger partial charge is 0.191 e. The largest absolute Gasteiger partial charge is 0.354 e. The summed E-state index contributed by atoms with van der Waals surface area (Å²) >= 11 is 1.77. The lowest BCUT2D eigenvalue weighted by atomic mass is 10.2. The predicted octanol–water partition coefficient (Wildman–Crippen LogP) is 3.58. The summed E-state index contributed by atoms with van der Waals surface area (Å²) in [5, 5.41) is 6.88. The van der Waals surface area contributed by atoms with E-state index >= 15 is 0 Å². The van der Waals surface area contributed by atoms with Crippen LogP contribution in [0.3, 0.4) is 0 Å². The van der Waals surface area contributed by atoms with Crippen LogP contribution in [0.5, 0.6) is 0 Å². The number of nitrogens with zero attached hydrogens (tertiary/aromatic N) is 2. The molecule has 1 unspecified atom stereocenters. The zero-order chi connectivity index (χ0) is 17.8. The highest BCUT2D eigenvalue weighted by Crippen LogP contribution is 2.14. The van der Waals surface area contributed by atoms with Gasteiger partial charge in [-0.05, 0) is 63.4 Å². The molecule has 1 aromatic rings. The number of thioether (sulfide) groups is 1. The quantitative estimate of drug-likeness (QED) is 0.384. The second kappa shape index (κ2) is 12.2. The fourth-order valence-electron chi connectivity index (χ4n) is 2.59. The minimum Gasteiger partial charge on any atom is -0.354 e. The summed E-state index contributed by atoms with van der Waals surface area (Å²) in [7, 11) is 1.83. The van der Waals surface area contributed by atoms with E-state index in [0.29, 0.717) is 6.04 Å². The Bertz CT molecular complexity index is 469. The standard InChI is InChI=1S/C19H34N4S/c1-6-23(7-2)14-8-9-16(3)22-19(20-4)21-15-17-10-12-18(24-5)13-11-17/h10-13,16H,6-9,14-15H2,1-5H3,(H2,20,21,22). The highest BCUT2D eigenvalue weighted by atomic mass is 32.2. The summed E-state index contributed by atoms with van der Waals surface area (Å²) in [6, 6.07) is 9.08. The lowest BCUT2D eigenvalue weighted by molar-refractivity contribution is 0.292. The van der Waals surface area contributed by atoms with Crippen molar-refractivity contribution < 1.29 is 0 Å². The van der Waals surface area contributed by atoms with Crippen LogP contribution in [0.4, 0.5) is 0 Å². The maximum Gasteiger partial charge on any atom is 0.191 e. The van der Waals surface area contributed by atoms with Crippen LogP contribution in [0.25, 0.3) is 0 Å². The van der Waals surface area contributed by atoms with E-state index in [2.05, 4.69) is 71.8 Å². The molecule has 1 rings (SSSR count). The molecular weight excluding hydrogens is 316 g/mol. The Morgan fingerprint density at radius 3 is 2.42 bits per heavy atom. The van der Waals surface area contributed by atoms with Gasteiger partial charge < -0.3 is 15.5 Å². The molecule has 0 radical (unpaired) electrons. The molecule has 0 fully saturated rings. The molecule has 0 amide bonds. The zero-order valence-corrected chi connectivity index (χ0v) is 16.7. The Balaban J connectivity index is 2.32. The minimum atomic E-state index is 0.422. The van der Waals surface area contributed by atoms with E-state index in [9.17, 15) is 0 Å². The molecule has 0 aliphatic carbocycles. The second-order valence-electron chi connectivity index (χ2n) is 5.99. The Morgan fingerprint density at radius 1 is 1.21 bits per heavy atom. The maximum atomic E-state index is 4.33. The molecule has 0 saturated carbocycles. The van der Waals surface area contributed by atoms with E-state index < -0.39 is 0 Å². The van der Waals surface area contributed by atoms with Gasteiger partial charge in [-0.15, -0.1) is 11.8 Å². The molecule has 0 heterocycles. The Hall–Kier alpha value is -1.20. The van der Waals surface area contributed by atoms with Crippen LogP contribution in [0.2, 0.25) is 0 Å². The van der Waals surface area contributed by atoms with Crippen molar-refractivity contribution in [2.45, 2.75) is 51.1 Å². The summed E-state index contributed by atoms with van der Waals surface area (Å²) in [6.45, 7) is 10.9. The van der Waals surface area contributed by atoms with Crippen LogP contribution in [0.15, 0.2) is 34.2 Å². The van der Waals surface area contributed by atoms with Gasteiger partial charge in [-0.2, -0.15) is 0 Å². The van der Waals surface area contributed by atoms with Gasteiger partial charge in [-0.1, -0.05) is 26.0 Å². The Labute approximate surface area is 152 Å². The molecule has 1 aromatic carbocycles. The molecule has 0 bridgehead atoms. The first-order chi connectivity index (χ1) is 11.6. The normalized spacial score (nSPS) is 13.2. The van der Waals surface area contributed by atoms with Crippen molar-refractivity contribution in [1.82, 2.24) is 15.5 Å². The van der Waals surface area contributed by atoms with E-state index in [0.717, 1.165) is 32.0 Å². The van der Waals surface area contributed by atoms with Gasteiger partial charge in [-0.3, -0.25) is 4.99 Å². The van der Waals surface area contributed by atoms with E-state index in [4.69, 9.17) is 0 Å². The van der Waals surface area contributed by atoms with Crippen molar-refractivity contribution in [2.24, 2.45) is 4.99 Å². The van der Waals surface area contributed by atoms with Gasteiger partial charge in [0, 0.05) is 24.5 Å².